The zero-order valence-corrected chi connectivity index (χ0v) is 20.9. The van der Waals surface area contributed by atoms with Crippen molar-refractivity contribution < 1.29 is 22.7 Å². The summed E-state index contributed by atoms with van der Waals surface area (Å²) in [4.78, 5) is 19.2. The lowest BCUT2D eigenvalue weighted by Gasteiger charge is -2.30. The van der Waals surface area contributed by atoms with Crippen LogP contribution in [0.5, 0.6) is 5.75 Å². The zero-order chi connectivity index (χ0) is 25.5. The molecule has 0 radical (unpaired) electrons. The third-order valence-corrected chi connectivity index (χ3v) is 7.27. The van der Waals surface area contributed by atoms with Gasteiger partial charge in [0, 0.05) is 50.4 Å². The molecule has 0 atom stereocenters. The van der Waals surface area contributed by atoms with Crippen LogP contribution >= 0.6 is 0 Å². The number of pyridine rings is 1. The van der Waals surface area contributed by atoms with Crippen molar-refractivity contribution in [3.8, 4) is 5.75 Å². The summed E-state index contributed by atoms with van der Waals surface area (Å²) in [6.45, 7) is 2.88. The molecule has 2 aromatic heterocycles. The quantitative estimate of drug-likeness (QED) is 0.558. The van der Waals surface area contributed by atoms with E-state index in [-0.39, 0.29) is 25.0 Å². The number of alkyl halides is 3. The number of aryl methyl sites for hydroxylation is 2. The first-order valence-electron chi connectivity index (χ1n) is 12.9. The summed E-state index contributed by atoms with van der Waals surface area (Å²) in [6.07, 6.45) is 5.28. The molecule has 0 aromatic carbocycles. The average Bonchev–Trinajstić information content (AvgIpc) is 3.15. The van der Waals surface area contributed by atoms with Crippen LogP contribution in [0.3, 0.4) is 0 Å². The Morgan fingerprint density at radius 1 is 1.17 bits per heavy atom. The Morgan fingerprint density at radius 3 is 2.67 bits per heavy atom. The Labute approximate surface area is 210 Å². The molecule has 2 aliphatic rings. The van der Waals surface area contributed by atoms with E-state index in [9.17, 15) is 18.0 Å². The first-order valence-corrected chi connectivity index (χ1v) is 12.9. The monoisotopic (exact) mass is 507 g/mol. The van der Waals surface area contributed by atoms with E-state index in [1.807, 2.05) is 6.07 Å². The number of hydrogen-bond donors (Lipinski definition) is 1. The SMILES string of the molecule is Cn1cc(OCC(=O)N[C@H]2CC[C@H](CCN3CCc4ccc(CCC(F)(F)F)nc4CC3)CC2)cn1. The number of nitrogens with zero attached hydrogens (tertiary/aromatic N) is 4. The highest BCUT2D eigenvalue weighted by atomic mass is 19.4. The minimum absolute atomic E-state index is 0.00164. The number of hydrogen-bond acceptors (Lipinski definition) is 5. The Kier molecular flexibility index (Phi) is 8.87. The fourth-order valence-corrected chi connectivity index (χ4v) is 5.16. The molecule has 0 bridgehead atoms. The number of nitrogens with one attached hydrogen (secondary N) is 1. The predicted molar refractivity (Wildman–Crippen MR) is 130 cm³/mol. The Hall–Kier alpha value is -2.62. The summed E-state index contributed by atoms with van der Waals surface area (Å²) in [5, 5.41) is 7.11. The molecule has 1 fully saturated rings. The van der Waals surface area contributed by atoms with E-state index in [4.69, 9.17) is 4.74 Å². The molecule has 2 aromatic rings. The van der Waals surface area contributed by atoms with Gasteiger partial charge in [-0.3, -0.25) is 14.5 Å². The highest BCUT2D eigenvalue weighted by molar-refractivity contribution is 5.77. The Morgan fingerprint density at radius 2 is 1.94 bits per heavy atom. The molecule has 1 amide bonds. The number of amides is 1. The summed E-state index contributed by atoms with van der Waals surface area (Å²) in [5.74, 6) is 1.15. The molecule has 198 valence electrons. The van der Waals surface area contributed by atoms with Gasteiger partial charge in [-0.1, -0.05) is 6.07 Å². The number of fused-ring (bicyclic) bond motifs is 1. The van der Waals surface area contributed by atoms with Gasteiger partial charge in [-0.15, -0.1) is 0 Å². The van der Waals surface area contributed by atoms with Gasteiger partial charge in [-0.2, -0.15) is 18.3 Å². The fraction of sp³-hybridized carbons (Fsp3) is 0.654. The largest absolute Gasteiger partial charge is 0.480 e. The van der Waals surface area contributed by atoms with E-state index in [1.54, 1.807) is 30.2 Å². The maximum absolute atomic E-state index is 12.5. The van der Waals surface area contributed by atoms with Crippen LogP contribution in [0, 0.1) is 5.92 Å². The summed E-state index contributed by atoms with van der Waals surface area (Å²) < 4.78 is 44.7. The standard InChI is InChI=1S/C26H36F3N5O2/c1-33-17-23(16-30-33)36-18-25(35)32-21-5-2-19(3-6-21)9-13-34-14-10-20-4-7-22(8-12-26(27,28)29)31-24(20)11-15-34/h4,7,16-17,19,21H,2-3,5-6,8-15,18H2,1H3,(H,32,35)/t19-,21-. The van der Waals surface area contributed by atoms with Crippen LogP contribution in [-0.2, 0) is 31.1 Å². The molecule has 36 heavy (non-hydrogen) atoms. The first-order chi connectivity index (χ1) is 17.2. The van der Waals surface area contributed by atoms with Gasteiger partial charge in [0.05, 0.1) is 12.4 Å². The molecule has 0 spiro atoms. The van der Waals surface area contributed by atoms with Gasteiger partial charge in [-0.05, 0) is 69.0 Å². The van der Waals surface area contributed by atoms with Gasteiger partial charge in [0.25, 0.3) is 5.91 Å². The van der Waals surface area contributed by atoms with Gasteiger partial charge in [0.15, 0.2) is 12.4 Å². The number of carbonyl (C=O) groups is 1. The molecule has 0 unspecified atom stereocenters. The normalized spacial score (nSPS) is 21.0. The first kappa shape index (κ1) is 26.4. The molecular formula is C26H36F3N5O2. The van der Waals surface area contributed by atoms with Crippen LogP contribution in [0.2, 0.25) is 0 Å². The lowest BCUT2D eigenvalue weighted by molar-refractivity contribution is -0.134. The number of ether oxygens (including phenoxy) is 1. The van der Waals surface area contributed by atoms with Crippen molar-refractivity contribution in [2.24, 2.45) is 13.0 Å². The van der Waals surface area contributed by atoms with Crippen LogP contribution in [0.4, 0.5) is 13.2 Å². The van der Waals surface area contributed by atoms with Gasteiger partial charge >= 0.3 is 6.18 Å². The van der Waals surface area contributed by atoms with Crippen LogP contribution < -0.4 is 10.1 Å². The van der Waals surface area contributed by atoms with Crippen LogP contribution in [0.15, 0.2) is 24.5 Å². The van der Waals surface area contributed by atoms with Crippen molar-refractivity contribution in [1.82, 2.24) is 25.0 Å². The van der Waals surface area contributed by atoms with E-state index in [0.717, 1.165) is 75.8 Å². The van der Waals surface area contributed by atoms with E-state index in [0.29, 0.717) is 17.4 Å². The topological polar surface area (TPSA) is 72.3 Å². The van der Waals surface area contributed by atoms with Crippen molar-refractivity contribution >= 4 is 5.91 Å². The highest BCUT2D eigenvalue weighted by Gasteiger charge is 2.27. The molecule has 1 aliphatic carbocycles. The smallest absolute Gasteiger partial charge is 0.389 e. The van der Waals surface area contributed by atoms with Crippen molar-refractivity contribution in [3.05, 3.63) is 41.5 Å². The van der Waals surface area contributed by atoms with Gasteiger partial charge in [0.2, 0.25) is 0 Å². The van der Waals surface area contributed by atoms with Gasteiger partial charge < -0.3 is 15.0 Å². The molecule has 1 saturated carbocycles. The maximum atomic E-state index is 12.5. The van der Waals surface area contributed by atoms with Crippen molar-refractivity contribution in [2.75, 3.05) is 26.2 Å². The number of aromatic nitrogens is 3. The molecular weight excluding hydrogens is 471 g/mol. The van der Waals surface area contributed by atoms with Gasteiger partial charge in [-0.25, -0.2) is 0 Å². The van der Waals surface area contributed by atoms with Crippen molar-refractivity contribution in [3.63, 3.8) is 0 Å². The molecule has 7 nitrogen and oxygen atoms in total. The minimum atomic E-state index is -4.15. The van der Waals surface area contributed by atoms with E-state index in [1.165, 1.54) is 0 Å². The second-order valence-electron chi connectivity index (χ2n) is 10.1. The number of carbonyl (C=O) groups excluding carboxylic acids is 1. The van der Waals surface area contributed by atoms with Crippen LogP contribution in [0.1, 0.15) is 55.5 Å². The zero-order valence-electron chi connectivity index (χ0n) is 20.9. The molecule has 1 N–H and O–H groups in total. The summed E-state index contributed by atoms with van der Waals surface area (Å²) in [6, 6.07) is 3.92. The van der Waals surface area contributed by atoms with Crippen LogP contribution in [0.25, 0.3) is 0 Å². The molecule has 1 aliphatic heterocycles. The fourth-order valence-electron chi connectivity index (χ4n) is 5.16. The Balaban J connectivity index is 1.13. The third-order valence-electron chi connectivity index (χ3n) is 7.27. The van der Waals surface area contributed by atoms with Crippen molar-refractivity contribution in [2.45, 2.75) is 70.0 Å². The highest BCUT2D eigenvalue weighted by Crippen LogP contribution is 2.28. The second kappa shape index (κ2) is 12.1. The summed E-state index contributed by atoms with van der Waals surface area (Å²) in [7, 11) is 1.80. The maximum Gasteiger partial charge on any atom is 0.389 e. The van der Waals surface area contributed by atoms with Crippen LogP contribution in [-0.4, -0.2) is 64.0 Å². The molecule has 0 saturated heterocycles. The van der Waals surface area contributed by atoms with Gasteiger partial charge in [0.1, 0.15) is 0 Å². The number of rotatable bonds is 9. The van der Waals surface area contributed by atoms with Crippen molar-refractivity contribution in [1.29, 1.82) is 0 Å². The second-order valence-corrected chi connectivity index (χ2v) is 10.1. The minimum Gasteiger partial charge on any atom is -0.480 e. The predicted octanol–water partition coefficient (Wildman–Crippen LogP) is 3.85. The van der Waals surface area contributed by atoms with E-state index < -0.39 is 12.6 Å². The number of halogens is 3. The lowest BCUT2D eigenvalue weighted by atomic mass is 9.84. The Bertz CT molecular complexity index is 1000. The molecule has 10 heteroatoms. The summed E-state index contributed by atoms with van der Waals surface area (Å²) in [5.41, 5.74) is 2.66. The average molecular weight is 508 g/mol. The van der Waals surface area contributed by atoms with E-state index >= 15 is 0 Å². The third kappa shape index (κ3) is 8.21. The summed E-state index contributed by atoms with van der Waals surface area (Å²) >= 11 is 0. The molecule has 3 heterocycles. The van der Waals surface area contributed by atoms with E-state index in [2.05, 4.69) is 20.3 Å². The lowest BCUT2D eigenvalue weighted by Crippen LogP contribution is -2.40. The molecule has 4 rings (SSSR count).